The van der Waals surface area contributed by atoms with Crippen LogP contribution in [0.3, 0.4) is 0 Å². The average molecular weight is 354 g/mol. The Kier molecular flexibility index (Phi) is 4.54. The van der Waals surface area contributed by atoms with Crippen molar-refractivity contribution in [2.75, 3.05) is 46.3 Å². The Morgan fingerprint density at radius 2 is 1.85 bits per heavy atom. The van der Waals surface area contributed by atoms with E-state index in [0.29, 0.717) is 22.9 Å². The number of nitrogens with one attached hydrogen (secondary N) is 2. The predicted molar refractivity (Wildman–Crippen MR) is 103 cm³/mol. The first-order chi connectivity index (χ1) is 12.6. The molecule has 1 aliphatic carbocycles. The highest BCUT2D eigenvalue weighted by atomic mass is 16.1. The van der Waals surface area contributed by atoms with Crippen molar-refractivity contribution in [1.82, 2.24) is 20.1 Å². The summed E-state index contributed by atoms with van der Waals surface area (Å²) in [5.74, 6) is -0.109. The van der Waals surface area contributed by atoms with Crippen LogP contribution in [0, 0.1) is 5.41 Å². The van der Waals surface area contributed by atoms with E-state index in [1.807, 2.05) is 18.2 Å². The summed E-state index contributed by atoms with van der Waals surface area (Å²) in [6.07, 6.45) is 3.87. The number of amides is 1. The number of piperazine rings is 1. The van der Waals surface area contributed by atoms with Crippen LogP contribution in [0.1, 0.15) is 23.2 Å². The summed E-state index contributed by atoms with van der Waals surface area (Å²) in [4.78, 5) is 32.2. The molecule has 6 nitrogen and oxygen atoms in total. The fourth-order valence-electron chi connectivity index (χ4n) is 3.81. The van der Waals surface area contributed by atoms with Gasteiger partial charge < -0.3 is 20.1 Å². The SMILES string of the molecule is CN1CCN(CC2(CNC(=O)c3c[nH]c(=O)c4ccccc34)CC2)CC1. The Balaban J connectivity index is 1.41. The molecule has 6 heteroatoms. The van der Waals surface area contributed by atoms with Crippen molar-refractivity contribution < 1.29 is 4.79 Å². The van der Waals surface area contributed by atoms with Crippen LogP contribution in [0.25, 0.3) is 10.8 Å². The van der Waals surface area contributed by atoms with E-state index < -0.39 is 0 Å². The number of rotatable bonds is 5. The molecule has 2 aliphatic rings. The molecule has 4 rings (SSSR count). The summed E-state index contributed by atoms with van der Waals surface area (Å²) in [6.45, 7) is 6.21. The van der Waals surface area contributed by atoms with Gasteiger partial charge in [0.15, 0.2) is 0 Å². The van der Waals surface area contributed by atoms with Crippen molar-refractivity contribution in [1.29, 1.82) is 0 Å². The summed E-state index contributed by atoms with van der Waals surface area (Å²) in [7, 11) is 2.17. The Morgan fingerprint density at radius 3 is 2.54 bits per heavy atom. The number of H-pyrrole nitrogens is 1. The van der Waals surface area contributed by atoms with Crippen LogP contribution in [0.15, 0.2) is 35.3 Å². The number of pyridine rings is 1. The Morgan fingerprint density at radius 1 is 1.15 bits per heavy atom. The minimum absolute atomic E-state index is 0.109. The lowest BCUT2D eigenvalue weighted by atomic mass is 10.0. The quantitative estimate of drug-likeness (QED) is 0.849. The smallest absolute Gasteiger partial charge is 0.255 e. The van der Waals surface area contributed by atoms with Crippen LogP contribution in [0.5, 0.6) is 0 Å². The molecule has 0 radical (unpaired) electrons. The van der Waals surface area contributed by atoms with Crippen molar-refractivity contribution in [3.63, 3.8) is 0 Å². The maximum atomic E-state index is 12.7. The molecule has 138 valence electrons. The predicted octanol–water partition coefficient (Wildman–Crippen LogP) is 1.29. The zero-order valence-electron chi connectivity index (χ0n) is 15.3. The van der Waals surface area contributed by atoms with Gasteiger partial charge in [0.05, 0.1) is 5.56 Å². The summed E-state index contributed by atoms with van der Waals surface area (Å²) in [5, 5.41) is 4.37. The molecule has 0 atom stereocenters. The number of likely N-dealkylation sites (N-methyl/N-ethyl adjacent to an activating group) is 1. The van der Waals surface area contributed by atoms with Crippen molar-refractivity contribution >= 4 is 16.7 Å². The first kappa shape index (κ1) is 17.2. The van der Waals surface area contributed by atoms with Gasteiger partial charge in [0.1, 0.15) is 0 Å². The molecule has 1 aromatic heterocycles. The average Bonchev–Trinajstić information content (AvgIpc) is 3.42. The summed E-state index contributed by atoms with van der Waals surface area (Å²) in [6, 6.07) is 7.25. The van der Waals surface area contributed by atoms with Crippen molar-refractivity contribution in [3.05, 3.63) is 46.4 Å². The number of carbonyl (C=O) groups excluding carboxylic acids is 1. The zero-order chi connectivity index (χ0) is 18.1. The van der Waals surface area contributed by atoms with E-state index >= 15 is 0 Å². The lowest BCUT2D eigenvalue weighted by molar-refractivity contribution is 0.0928. The maximum absolute atomic E-state index is 12.7. The summed E-state index contributed by atoms with van der Waals surface area (Å²) < 4.78 is 0. The van der Waals surface area contributed by atoms with Gasteiger partial charge in [-0.2, -0.15) is 0 Å². The van der Waals surface area contributed by atoms with Crippen LogP contribution in [0.4, 0.5) is 0 Å². The van der Waals surface area contributed by atoms with E-state index in [1.54, 1.807) is 6.07 Å². The molecule has 1 aromatic carbocycles. The third-order valence-electron chi connectivity index (χ3n) is 5.79. The van der Waals surface area contributed by atoms with Gasteiger partial charge >= 0.3 is 0 Å². The molecular formula is C20H26N4O2. The van der Waals surface area contributed by atoms with Gasteiger partial charge in [-0.3, -0.25) is 9.59 Å². The lowest BCUT2D eigenvalue weighted by Gasteiger charge is -2.34. The van der Waals surface area contributed by atoms with E-state index in [1.165, 1.54) is 19.0 Å². The Bertz CT molecular complexity index is 863. The number of aromatic amines is 1. The van der Waals surface area contributed by atoms with Crippen molar-refractivity contribution in [2.24, 2.45) is 5.41 Å². The number of aromatic nitrogens is 1. The number of hydrogen-bond acceptors (Lipinski definition) is 4. The number of nitrogens with zero attached hydrogens (tertiary/aromatic N) is 2. The Hall–Kier alpha value is -2.18. The zero-order valence-corrected chi connectivity index (χ0v) is 15.3. The molecule has 1 saturated carbocycles. The number of carbonyl (C=O) groups is 1. The second-order valence-electron chi connectivity index (χ2n) is 7.84. The van der Waals surface area contributed by atoms with Gasteiger partial charge in [0.2, 0.25) is 0 Å². The molecule has 1 saturated heterocycles. The number of hydrogen-bond donors (Lipinski definition) is 2. The fourth-order valence-corrected chi connectivity index (χ4v) is 3.81. The minimum atomic E-state index is -0.161. The maximum Gasteiger partial charge on any atom is 0.255 e. The molecule has 0 unspecified atom stereocenters. The topological polar surface area (TPSA) is 68.4 Å². The van der Waals surface area contributed by atoms with Crippen LogP contribution >= 0.6 is 0 Å². The van der Waals surface area contributed by atoms with Crippen LogP contribution < -0.4 is 10.9 Å². The van der Waals surface area contributed by atoms with Gasteiger partial charge in [0.25, 0.3) is 11.5 Å². The van der Waals surface area contributed by atoms with Gasteiger partial charge in [-0.1, -0.05) is 18.2 Å². The van der Waals surface area contributed by atoms with E-state index in [4.69, 9.17) is 0 Å². The highest BCUT2D eigenvalue weighted by Crippen LogP contribution is 2.45. The van der Waals surface area contributed by atoms with E-state index in [9.17, 15) is 9.59 Å². The standard InChI is InChI=1S/C20H26N4O2/c1-23-8-10-24(11-9-23)14-20(6-7-20)13-22-19(26)17-12-21-18(25)16-5-3-2-4-15(16)17/h2-5,12H,6-11,13-14H2,1H3,(H,21,25)(H,22,26). The van der Waals surface area contributed by atoms with Gasteiger partial charge in [0, 0.05) is 61.7 Å². The van der Waals surface area contributed by atoms with Crippen LogP contribution in [0.2, 0.25) is 0 Å². The second-order valence-corrected chi connectivity index (χ2v) is 7.84. The highest BCUT2D eigenvalue weighted by Gasteiger charge is 2.44. The molecule has 0 spiro atoms. The summed E-state index contributed by atoms with van der Waals surface area (Å²) >= 11 is 0. The van der Waals surface area contributed by atoms with Crippen molar-refractivity contribution in [2.45, 2.75) is 12.8 Å². The van der Waals surface area contributed by atoms with E-state index in [0.717, 1.165) is 32.7 Å². The highest BCUT2D eigenvalue weighted by molar-refractivity contribution is 6.06. The van der Waals surface area contributed by atoms with Gasteiger partial charge in [-0.25, -0.2) is 0 Å². The lowest BCUT2D eigenvalue weighted by Crippen LogP contribution is -2.47. The van der Waals surface area contributed by atoms with Crippen molar-refractivity contribution in [3.8, 4) is 0 Å². The van der Waals surface area contributed by atoms with E-state index in [-0.39, 0.29) is 16.9 Å². The largest absolute Gasteiger partial charge is 0.351 e. The molecule has 1 aliphatic heterocycles. The molecule has 0 bridgehead atoms. The fraction of sp³-hybridized carbons (Fsp3) is 0.500. The Labute approximate surface area is 153 Å². The normalized spacial score (nSPS) is 20.2. The second kappa shape index (κ2) is 6.85. The molecule has 2 aromatic rings. The summed E-state index contributed by atoms with van der Waals surface area (Å²) in [5.41, 5.74) is 0.602. The molecule has 26 heavy (non-hydrogen) atoms. The third-order valence-corrected chi connectivity index (χ3v) is 5.79. The van der Waals surface area contributed by atoms with E-state index in [2.05, 4.69) is 27.1 Å². The van der Waals surface area contributed by atoms with Crippen LogP contribution in [-0.2, 0) is 0 Å². The molecular weight excluding hydrogens is 328 g/mol. The molecule has 2 fully saturated rings. The third kappa shape index (κ3) is 3.52. The molecule has 2 N–H and O–H groups in total. The number of fused-ring (bicyclic) bond motifs is 1. The first-order valence-corrected chi connectivity index (χ1v) is 9.36. The van der Waals surface area contributed by atoms with Gasteiger partial charge in [-0.15, -0.1) is 0 Å². The monoisotopic (exact) mass is 354 g/mol. The number of benzene rings is 1. The minimum Gasteiger partial charge on any atom is -0.351 e. The molecule has 1 amide bonds. The van der Waals surface area contributed by atoms with Gasteiger partial charge in [-0.05, 0) is 26.0 Å². The first-order valence-electron chi connectivity index (χ1n) is 9.36. The van der Waals surface area contributed by atoms with Crippen LogP contribution in [-0.4, -0.2) is 67.0 Å². The molecule has 2 heterocycles.